The highest BCUT2D eigenvalue weighted by Crippen LogP contribution is 2.25. The molecule has 2 aliphatic rings. The van der Waals surface area contributed by atoms with E-state index < -0.39 is 0 Å². The van der Waals surface area contributed by atoms with Crippen LogP contribution < -0.4 is 4.90 Å². The summed E-state index contributed by atoms with van der Waals surface area (Å²) in [7, 11) is 0. The highest BCUT2D eigenvalue weighted by molar-refractivity contribution is 5.97. The molecule has 1 saturated carbocycles. The molecular formula is C19H26N2O2. The predicted molar refractivity (Wildman–Crippen MR) is 91.6 cm³/mol. The fraction of sp³-hybridized carbons (Fsp3) is 0.579. The zero-order valence-electron chi connectivity index (χ0n) is 14.0. The first-order chi connectivity index (χ1) is 11.2. The van der Waals surface area contributed by atoms with Gasteiger partial charge in [0.1, 0.15) is 0 Å². The molecule has 4 heteroatoms. The molecule has 124 valence electrons. The standard InChI is InChI=1S/C19H26N2O2/c1-2-20(16-7-4-3-5-8-16)19(23)15-10-12-17(13-11-15)21-14-6-9-18(21)22/h10-13,16H,2-9,14H2,1H3. The van der Waals surface area contributed by atoms with Crippen LogP contribution in [0.5, 0.6) is 0 Å². The van der Waals surface area contributed by atoms with Gasteiger partial charge >= 0.3 is 0 Å². The van der Waals surface area contributed by atoms with Crippen LogP contribution in [-0.2, 0) is 4.79 Å². The second-order valence-corrected chi connectivity index (χ2v) is 6.58. The average Bonchev–Trinajstić information content (AvgIpc) is 3.02. The van der Waals surface area contributed by atoms with Crippen molar-refractivity contribution in [1.29, 1.82) is 0 Å². The van der Waals surface area contributed by atoms with E-state index in [0.29, 0.717) is 12.5 Å². The van der Waals surface area contributed by atoms with Crippen molar-refractivity contribution in [2.45, 2.75) is 57.9 Å². The highest BCUT2D eigenvalue weighted by atomic mass is 16.2. The summed E-state index contributed by atoms with van der Waals surface area (Å²) in [6.45, 7) is 3.61. The third-order valence-electron chi connectivity index (χ3n) is 5.12. The molecule has 0 aromatic heterocycles. The van der Waals surface area contributed by atoms with Gasteiger partial charge in [0, 0.05) is 36.8 Å². The number of carbonyl (C=O) groups excluding carboxylic acids is 2. The molecule has 1 aromatic carbocycles. The molecule has 1 aromatic rings. The largest absolute Gasteiger partial charge is 0.336 e. The van der Waals surface area contributed by atoms with E-state index in [2.05, 4.69) is 6.92 Å². The van der Waals surface area contributed by atoms with Gasteiger partial charge in [0.25, 0.3) is 5.91 Å². The Labute approximate surface area is 138 Å². The van der Waals surface area contributed by atoms with Crippen molar-refractivity contribution in [3.8, 4) is 0 Å². The van der Waals surface area contributed by atoms with Crippen LogP contribution in [-0.4, -0.2) is 35.8 Å². The maximum atomic E-state index is 12.8. The van der Waals surface area contributed by atoms with Crippen molar-refractivity contribution in [3.63, 3.8) is 0 Å². The SMILES string of the molecule is CCN(C(=O)c1ccc(N2CCCC2=O)cc1)C1CCCCC1. The van der Waals surface area contributed by atoms with Crippen LogP contribution in [0.1, 0.15) is 62.2 Å². The van der Waals surface area contributed by atoms with E-state index in [1.54, 1.807) is 0 Å². The fourth-order valence-electron chi connectivity index (χ4n) is 3.83. The van der Waals surface area contributed by atoms with Crippen LogP contribution in [0, 0.1) is 0 Å². The lowest BCUT2D eigenvalue weighted by Crippen LogP contribution is -2.41. The molecule has 1 aliphatic heterocycles. The van der Waals surface area contributed by atoms with Gasteiger partial charge in [-0.1, -0.05) is 19.3 Å². The summed E-state index contributed by atoms with van der Waals surface area (Å²) < 4.78 is 0. The summed E-state index contributed by atoms with van der Waals surface area (Å²) in [6.07, 6.45) is 7.55. The summed E-state index contributed by atoms with van der Waals surface area (Å²) in [4.78, 5) is 28.5. The smallest absolute Gasteiger partial charge is 0.254 e. The number of rotatable bonds is 4. The topological polar surface area (TPSA) is 40.6 Å². The second-order valence-electron chi connectivity index (χ2n) is 6.58. The first-order valence-corrected chi connectivity index (χ1v) is 8.92. The lowest BCUT2D eigenvalue weighted by molar-refractivity contribution is -0.117. The maximum Gasteiger partial charge on any atom is 0.254 e. The molecule has 1 aliphatic carbocycles. The molecule has 0 spiro atoms. The van der Waals surface area contributed by atoms with Gasteiger partial charge in [-0.3, -0.25) is 9.59 Å². The summed E-state index contributed by atoms with van der Waals surface area (Å²) in [5.41, 5.74) is 1.64. The van der Waals surface area contributed by atoms with E-state index in [0.717, 1.165) is 43.6 Å². The molecule has 0 unspecified atom stereocenters. The number of hydrogen-bond donors (Lipinski definition) is 0. The Morgan fingerprint density at radius 2 is 1.83 bits per heavy atom. The number of carbonyl (C=O) groups is 2. The van der Waals surface area contributed by atoms with Crippen LogP contribution in [0.3, 0.4) is 0 Å². The van der Waals surface area contributed by atoms with Crippen molar-refractivity contribution in [3.05, 3.63) is 29.8 Å². The molecule has 23 heavy (non-hydrogen) atoms. The van der Waals surface area contributed by atoms with E-state index >= 15 is 0 Å². The van der Waals surface area contributed by atoms with Crippen LogP contribution in [0.2, 0.25) is 0 Å². The van der Waals surface area contributed by atoms with Crippen LogP contribution in [0.4, 0.5) is 5.69 Å². The van der Waals surface area contributed by atoms with E-state index in [9.17, 15) is 9.59 Å². The molecule has 1 heterocycles. The molecule has 2 fully saturated rings. The molecule has 2 amide bonds. The lowest BCUT2D eigenvalue weighted by Gasteiger charge is -2.33. The van der Waals surface area contributed by atoms with Gasteiger partial charge in [0.2, 0.25) is 5.91 Å². The molecule has 0 atom stereocenters. The van der Waals surface area contributed by atoms with Gasteiger partial charge in [0.15, 0.2) is 0 Å². The number of anilines is 1. The van der Waals surface area contributed by atoms with Gasteiger partial charge in [0.05, 0.1) is 0 Å². The first-order valence-electron chi connectivity index (χ1n) is 8.92. The van der Waals surface area contributed by atoms with Crippen molar-refractivity contribution < 1.29 is 9.59 Å². The minimum atomic E-state index is 0.124. The monoisotopic (exact) mass is 314 g/mol. The van der Waals surface area contributed by atoms with Gasteiger partial charge in [-0.2, -0.15) is 0 Å². The maximum absolute atomic E-state index is 12.8. The second kappa shape index (κ2) is 7.16. The Morgan fingerprint density at radius 3 is 2.39 bits per heavy atom. The fourth-order valence-corrected chi connectivity index (χ4v) is 3.83. The quantitative estimate of drug-likeness (QED) is 0.852. The third-order valence-corrected chi connectivity index (χ3v) is 5.12. The lowest BCUT2D eigenvalue weighted by atomic mass is 9.93. The normalized spacial score (nSPS) is 19.2. The van der Waals surface area contributed by atoms with Crippen LogP contribution in [0.25, 0.3) is 0 Å². The van der Waals surface area contributed by atoms with Crippen LogP contribution >= 0.6 is 0 Å². The average molecular weight is 314 g/mol. The zero-order valence-corrected chi connectivity index (χ0v) is 14.0. The predicted octanol–water partition coefficient (Wildman–Crippen LogP) is 3.61. The van der Waals surface area contributed by atoms with E-state index in [-0.39, 0.29) is 11.8 Å². The molecule has 0 bridgehead atoms. The van der Waals surface area contributed by atoms with Gasteiger partial charge in [-0.05, 0) is 50.5 Å². The molecule has 1 saturated heterocycles. The number of nitrogens with zero attached hydrogens (tertiary/aromatic N) is 2. The first kappa shape index (κ1) is 16.0. The minimum absolute atomic E-state index is 0.124. The highest BCUT2D eigenvalue weighted by Gasteiger charge is 2.26. The Morgan fingerprint density at radius 1 is 1.13 bits per heavy atom. The summed E-state index contributed by atoms with van der Waals surface area (Å²) in [5.74, 6) is 0.306. The van der Waals surface area contributed by atoms with Crippen molar-refractivity contribution >= 4 is 17.5 Å². The molecule has 3 rings (SSSR count). The number of amides is 2. The number of benzene rings is 1. The van der Waals surface area contributed by atoms with E-state index in [1.165, 1.54) is 19.3 Å². The van der Waals surface area contributed by atoms with Gasteiger partial charge in [-0.15, -0.1) is 0 Å². The molecular weight excluding hydrogens is 288 g/mol. The van der Waals surface area contributed by atoms with Gasteiger partial charge in [-0.25, -0.2) is 0 Å². The summed E-state index contributed by atoms with van der Waals surface area (Å²) in [5, 5.41) is 0. The van der Waals surface area contributed by atoms with E-state index in [1.807, 2.05) is 34.1 Å². The molecule has 0 N–H and O–H groups in total. The number of hydrogen-bond acceptors (Lipinski definition) is 2. The minimum Gasteiger partial charge on any atom is -0.336 e. The molecule has 4 nitrogen and oxygen atoms in total. The summed E-state index contributed by atoms with van der Waals surface area (Å²) >= 11 is 0. The van der Waals surface area contributed by atoms with Gasteiger partial charge < -0.3 is 9.80 Å². The van der Waals surface area contributed by atoms with Crippen molar-refractivity contribution in [2.24, 2.45) is 0 Å². The van der Waals surface area contributed by atoms with Crippen LogP contribution in [0.15, 0.2) is 24.3 Å². The third kappa shape index (κ3) is 3.41. The summed E-state index contributed by atoms with van der Waals surface area (Å²) in [6, 6.07) is 7.95. The van der Waals surface area contributed by atoms with Crippen molar-refractivity contribution in [1.82, 2.24) is 4.90 Å². The van der Waals surface area contributed by atoms with Crippen molar-refractivity contribution in [2.75, 3.05) is 18.0 Å². The molecule has 0 radical (unpaired) electrons. The zero-order chi connectivity index (χ0) is 16.2. The Balaban J connectivity index is 1.72. The Bertz CT molecular complexity index is 561. The van der Waals surface area contributed by atoms with E-state index in [4.69, 9.17) is 0 Å². The Hall–Kier alpha value is -1.84. The Kier molecular flexibility index (Phi) is 4.99.